The van der Waals surface area contributed by atoms with Crippen molar-refractivity contribution in [3.8, 4) is 5.75 Å². The fourth-order valence-electron chi connectivity index (χ4n) is 2.64. The van der Waals surface area contributed by atoms with Crippen LogP contribution >= 0.6 is 0 Å². The van der Waals surface area contributed by atoms with Crippen LogP contribution in [-0.2, 0) is 0 Å². The second-order valence-electron chi connectivity index (χ2n) is 5.05. The fraction of sp³-hybridized carbons (Fsp3) is 0.400. The molecule has 1 aliphatic carbocycles. The molecule has 1 fully saturated rings. The maximum Gasteiger partial charge on any atom is 0.126 e. The van der Waals surface area contributed by atoms with E-state index in [1.807, 2.05) is 18.2 Å². The Labute approximate surface area is 107 Å². The van der Waals surface area contributed by atoms with Gasteiger partial charge in [-0.05, 0) is 37.1 Å². The number of hydrogen-bond donors (Lipinski definition) is 2. The van der Waals surface area contributed by atoms with Crippen LogP contribution in [-0.4, -0.2) is 16.1 Å². The molecule has 1 aromatic heterocycles. The molecule has 3 rings (SSSR count). The summed E-state index contributed by atoms with van der Waals surface area (Å²) < 4.78 is 0. The van der Waals surface area contributed by atoms with Crippen LogP contribution in [0.1, 0.15) is 32.1 Å². The quantitative estimate of drug-likeness (QED) is 0.844. The van der Waals surface area contributed by atoms with Crippen molar-refractivity contribution in [2.75, 3.05) is 5.32 Å². The topological polar surface area (TPSA) is 45.1 Å². The molecule has 3 nitrogen and oxygen atoms in total. The van der Waals surface area contributed by atoms with Crippen molar-refractivity contribution in [2.45, 2.75) is 38.1 Å². The Morgan fingerprint density at radius 1 is 1.06 bits per heavy atom. The van der Waals surface area contributed by atoms with Gasteiger partial charge in [0.25, 0.3) is 0 Å². The molecule has 0 spiro atoms. The van der Waals surface area contributed by atoms with Gasteiger partial charge in [-0.3, -0.25) is 0 Å². The first-order valence-electron chi connectivity index (χ1n) is 6.67. The average Bonchev–Trinajstić information content (AvgIpc) is 2.39. The summed E-state index contributed by atoms with van der Waals surface area (Å²) in [6, 6.07) is 9.92. The van der Waals surface area contributed by atoms with Gasteiger partial charge in [0, 0.05) is 17.5 Å². The smallest absolute Gasteiger partial charge is 0.126 e. The zero-order chi connectivity index (χ0) is 12.4. The van der Waals surface area contributed by atoms with Gasteiger partial charge in [0.2, 0.25) is 0 Å². The van der Waals surface area contributed by atoms with Crippen LogP contribution in [0.2, 0.25) is 0 Å². The minimum atomic E-state index is 0.268. The lowest BCUT2D eigenvalue weighted by molar-refractivity contribution is 0.462. The Bertz CT molecular complexity index is 547. The molecule has 1 aromatic carbocycles. The second kappa shape index (κ2) is 4.84. The molecular formula is C15H18N2O. The van der Waals surface area contributed by atoms with Crippen molar-refractivity contribution in [2.24, 2.45) is 0 Å². The lowest BCUT2D eigenvalue weighted by atomic mass is 9.95. The summed E-state index contributed by atoms with van der Waals surface area (Å²) in [5, 5.41) is 14.0. The summed E-state index contributed by atoms with van der Waals surface area (Å²) in [6.07, 6.45) is 6.45. The van der Waals surface area contributed by atoms with E-state index in [2.05, 4.69) is 10.3 Å². The number of aromatic hydroxyl groups is 1. The van der Waals surface area contributed by atoms with E-state index in [-0.39, 0.29) is 5.75 Å². The summed E-state index contributed by atoms with van der Waals surface area (Å²) in [4.78, 5) is 4.56. The monoisotopic (exact) mass is 242 g/mol. The number of rotatable bonds is 2. The van der Waals surface area contributed by atoms with Crippen molar-refractivity contribution in [1.82, 2.24) is 4.98 Å². The second-order valence-corrected chi connectivity index (χ2v) is 5.05. The Balaban J connectivity index is 1.83. The molecule has 2 aromatic rings. The van der Waals surface area contributed by atoms with Gasteiger partial charge in [-0.1, -0.05) is 19.3 Å². The van der Waals surface area contributed by atoms with Gasteiger partial charge in [-0.2, -0.15) is 0 Å². The van der Waals surface area contributed by atoms with E-state index in [1.54, 1.807) is 12.1 Å². The van der Waals surface area contributed by atoms with Crippen molar-refractivity contribution in [3.63, 3.8) is 0 Å². The molecule has 94 valence electrons. The van der Waals surface area contributed by atoms with E-state index in [0.717, 1.165) is 16.7 Å². The average molecular weight is 242 g/mol. The normalized spacial score (nSPS) is 16.9. The molecule has 0 radical (unpaired) electrons. The van der Waals surface area contributed by atoms with Crippen LogP contribution < -0.4 is 5.32 Å². The van der Waals surface area contributed by atoms with Crippen molar-refractivity contribution in [1.29, 1.82) is 0 Å². The zero-order valence-corrected chi connectivity index (χ0v) is 10.4. The van der Waals surface area contributed by atoms with Crippen LogP contribution in [0.3, 0.4) is 0 Å². The van der Waals surface area contributed by atoms with E-state index < -0.39 is 0 Å². The Morgan fingerprint density at radius 3 is 2.67 bits per heavy atom. The number of pyridine rings is 1. The summed E-state index contributed by atoms with van der Waals surface area (Å²) >= 11 is 0. The predicted octanol–water partition coefficient (Wildman–Crippen LogP) is 3.69. The zero-order valence-electron chi connectivity index (χ0n) is 10.4. The number of anilines is 1. The Hall–Kier alpha value is -1.77. The minimum Gasteiger partial charge on any atom is -0.508 e. The van der Waals surface area contributed by atoms with E-state index in [0.29, 0.717) is 6.04 Å². The van der Waals surface area contributed by atoms with Crippen LogP contribution in [0.25, 0.3) is 10.9 Å². The standard InChI is InChI=1S/C15H18N2O/c18-13-8-6-11-7-9-15(17-14(11)10-13)16-12-4-2-1-3-5-12/h6-10,12,18H,1-5H2,(H,16,17). The largest absolute Gasteiger partial charge is 0.508 e. The third-order valence-corrected chi connectivity index (χ3v) is 3.63. The first kappa shape index (κ1) is 11.3. The molecule has 0 saturated heterocycles. The SMILES string of the molecule is Oc1ccc2ccc(NC3CCCCC3)nc2c1. The van der Waals surface area contributed by atoms with Gasteiger partial charge in [-0.15, -0.1) is 0 Å². The van der Waals surface area contributed by atoms with Gasteiger partial charge in [-0.25, -0.2) is 4.98 Å². The van der Waals surface area contributed by atoms with Crippen molar-refractivity contribution >= 4 is 16.7 Å². The van der Waals surface area contributed by atoms with Gasteiger partial charge in [0.05, 0.1) is 5.52 Å². The molecule has 0 atom stereocenters. The number of nitrogens with one attached hydrogen (secondary N) is 1. The maximum atomic E-state index is 9.48. The molecule has 1 aliphatic rings. The highest BCUT2D eigenvalue weighted by Gasteiger charge is 2.13. The highest BCUT2D eigenvalue weighted by molar-refractivity contribution is 5.81. The van der Waals surface area contributed by atoms with Crippen LogP contribution in [0.4, 0.5) is 5.82 Å². The van der Waals surface area contributed by atoms with Crippen LogP contribution in [0.5, 0.6) is 5.75 Å². The molecule has 18 heavy (non-hydrogen) atoms. The first-order chi connectivity index (χ1) is 8.81. The minimum absolute atomic E-state index is 0.268. The third kappa shape index (κ3) is 2.40. The fourth-order valence-corrected chi connectivity index (χ4v) is 2.64. The lowest BCUT2D eigenvalue weighted by Gasteiger charge is -2.23. The molecule has 0 amide bonds. The number of phenols is 1. The molecule has 3 heteroatoms. The summed E-state index contributed by atoms with van der Waals surface area (Å²) in [7, 11) is 0. The molecule has 0 aliphatic heterocycles. The maximum absolute atomic E-state index is 9.48. The van der Waals surface area contributed by atoms with Crippen molar-refractivity contribution < 1.29 is 5.11 Å². The molecule has 1 saturated carbocycles. The van der Waals surface area contributed by atoms with Crippen molar-refractivity contribution in [3.05, 3.63) is 30.3 Å². The number of phenolic OH excluding ortho intramolecular Hbond substituents is 1. The molecule has 1 heterocycles. The van der Waals surface area contributed by atoms with Crippen LogP contribution in [0.15, 0.2) is 30.3 Å². The third-order valence-electron chi connectivity index (χ3n) is 3.63. The predicted molar refractivity (Wildman–Crippen MR) is 73.9 cm³/mol. The lowest BCUT2D eigenvalue weighted by Crippen LogP contribution is -2.22. The number of aromatic nitrogens is 1. The van der Waals surface area contributed by atoms with Gasteiger partial charge >= 0.3 is 0 Å². The number of fused-ring (bicyclic) bond motifs is 1. The Kier molecular flexibility index (Phi) is 3.05. The number of nitrogens with zero attached hydrogens (tertiary/aromatic N) is 1. The van der Waals surface area contributed by atoms with Gasteiger partial charge < -0.3 is 10.4 Å². The highest BCUT2D eigenvalue weighted by atomic mass is 16.3. The first-order valence-corrected chi connectivity index (χ1v) is 6.67. The van der Waals surface area contributed by atoms with Gasteiger partial charge in [0.1, 0.15) is 11.6 Å². The van der Waals surface area contributed by atoms with E-state index in [4.69, 9.17) is 0 Å². The van der Waals surface area contributed by atoms with E-state index in [1.165, 1.54) is 32.1 Å². The van der Waals surface area contributed by atoms with E-state index in [9.17, 15) is 5.11 Å². The molecule has 0 bridgehead atoms. The van der Waals surface area contributed by atoms with Crippen LogP contribution in [0, 0.1) is 0 Å². The summed E-state index contributed by atoms with van der Waals surface area (Å²) in [6.45, 7) is 0. The number of benzene rings is 1. The summed E-state index contributed by atoms with van der Waals surface area (Å²) in [5.41, 5.74) is 0.843. The molecule has 2 N–H and O–H groups in total. The van der Waals surface area contributed by atoms with Gasteiger partial charge in [0.15, 0.2) is 0 Å². The Morgan fingerprint density at radius 2 is 1.83 bits per heavy atom. The highest BCUT2D eigenvalue weighted by Crippen LogP contribution is 2.23. The molecular weight excluding hydrogens is 224 g/mol. The van der Waals surface area contributed by atoms with E-state index >= 15 is 0 Å². The summed E-state index contributed by atoms with van der Waals surface area (Å²) in [5.74, 6) is 1.19. The molecule has 0 unspecified atom stereocenters. The number of hydrogen-bond acceptors (Lipinski definition) is 3.